The number of thioether (sulfide) groups is 1. The molecule has 2 heterocycles. The third-order valence-electron chi connectivity index (χ3n) is 4.50. The fourth-order valence-corrected chi connectivity index (χ4v) is 4.61. The largest absolute Gasteiger partial charge is 0.508 e. The number of anilines is 1. The van der Waals surface area contributed by atoms with Gasteiger partial charge in [0, 0.05) is 35.4 Å². The Balaban J connectivity index is 1.47. The van der Waals surface area contributed by atoms with Crippen LogP contribution in [0.2, 0.25) is 5.02 Å². The number of nitrogens with zero attached hydrogens (tertiary/aromatic N) is 2. The molecule has 1 saturated heterocycles. The van der Waals surface area contributed by atoms with Crippen molar-refractivity contribution in [3.05, 3.63) is 65.3 Å². The van der Waals surface area contributed by atoms with E-state index < -0.39 is 0 Å². The van der Waals surface area contributed by atoms with Crippen LogP contribution in [0.3, 0.4) is 0 Å². The van der Waals surface area contributed by atoms with Gasteiger partial charge in [-0.3, -0.25) is 9.78 Å². The Bertz CT molecular complexity index is 998. The molecule has 1 fully saturated rings. The average molecular weight is 400 g/mol. The number of carbonyl (C=O) groups is 1. The minimum atomic E-state index is -0.0700. The lowest BCUT2D eigenvalue weighted by molar-refractivity contribution is -0.127. The molecule has 1 atom stereocenters. The van der Waals surface area contributed by atoms with E-state index in [1.165, 1.54) is 0 Å². The van der Waals surface area contributed by atoms with Crippen LogP contribution in [0.25, 0.3) is 10.9 Å². The minimum absolute atomic E-state index is 0.0700. The monoisotopic (exact) mass is 399 g/mol. The van der Waals surface area contributed by atoms with E-state index in [1.807, 2.05) is 35.2 Å². The summed E-state index contributed by atoms with van der Waals surface area (Å²) in [5.74, 6) is 0.783. The van der Waals surface area contributed by atoms with Crippen molar-refractivity contribution in [3.8, 4) is 5.75 Å². The molecule has 5 nitrogen and oxygen atoms in total. The number of pyridine rings is 1. The highest BCUT2D eigenvalue weighted by Crippen LogP contribution is 2.39. The highest BCUT2D eigenvalue weighted by atomic mass is 35.5. The molecule has 138 valence electrons. The van der Waals surface area contributed by atoms with Crippen LogP contribution < -0.4 is 5.32 Å². The number of hydrogen-bond donors (Lipinski definition) is 2. The number of benzene rings is 2. The van der Waals surface area contributed by atoms with Crippen molar-refractivity contribution >= 4 is 45.9 Å². The first-order chi connectivity index (χ1) is 13.1. The first kappa shape index (κ1) is 17.9. The van der Waals surface area contributed by atoms with Gasteiger partial charge in [0.15, 0.2) is 0 Å². The topological polar surface area (TPSA) is 65.5 Å². The fourth-order valence-electron chi connectivity index (χ4n) is 3.24. The summed E-state index contributed by atoms with van der Waals surface area (Å²) in [7, 11) is 0. The van der Waals surface area contributed by atoms with Crippen LogP contribution in [-0.4, -0.2) is 39.7 Å². The van der Waals surface area contributed by atoms with Crippen molar-refractivity contribution in [2.45, 2.75) is 5.37 Å². The van der Waals surface area contributed by atoms with Crippen LogP contribution in [0.4, 0.5) is 5.69 Å². The molecule has 0 bridgehead atoms. The van der Waals surface area contributed by atoms with Crippen LogP contribution in [0.1, 0.15) is 10.9 Å². The second-order valence-electron chi connectivity index (χ2n) is 6.29. The molecule has 0 aliphatic carbocycles. The maximum Gasteiger partial charge on any atom is 0.233 e. The summed E-state index contributed by atoms with van der Waals surface area (Å²) in [6, 6.07) is 14.6. The number of aromatic nitrogens is 1. The summed E-state index contributed by atoms with van der Waals surface area (Å²) in [5.41, 5.74) is 2.73. The van der Waals surface area contributed by atoms with Crippen LogP contribution in [0.15, 0.2) is 54.7 Å². The molecule has 1 aliphatic heterocycles. The molecule has 1 unspecified atom stereocenters. The van der Waals surface area contributed by atoms with E-state index in [1.54, 1.807) is 36.2 Å². The van der Waals surface area contributed by atoms with Crippen LogP contribution >= 0.6 is 23.4 Å². The lowest BCUT2D eigenvalue weighted by Gasteiger charge is -2.24. The van der Waals surface area contributed by atoms with Crippen molar-refractivity contribution in [2.24, 2.45) is 0 Å². The van der Waals surface area contributed by atoms with Crippen molar-refractivity contribution in [1.82, 2.24) is 9.88 Å². The number of carbonyl (C=O) groups excluding carboxylic acids is 1. The molecule has 3 aromatic rings. The number of amides is 1. The van der Waals surface area contributed by atoms with Gasteiger partial charge < -0.3 is 15.3 Å². The van der Waals surface area contributed by atoms with E-state index in [0.717, 1.165) is 22.2 Å². The predicted molar refractivity (Wildman–Crippen MR) is 110 cm³/mol. The molecule has 27 heavy (non-hydrogen) atoms. The van der Waals surface area contributed by atoms with Gasteiger partial charge in [0.1, 0.15) is 11.1 Å². The number of nitrogens with one attached hydrogen (secondary N) is 1. The Kier molecular flexibility index (Phi) is 5.09. The smallest absolute Gasteiger partial charge is 0.233 e. The van der Waals surface area contributed by atoms with Crippen molar-refractivity contribution < 1.29 is 9.90 Å². The summed E-state index contributed by atoms with van der Waals surface area (Å²) in [4.78, 5) is 18.5. The highest BCUT2D eigenvalue weighted by molar-refractivity contribution is 8.00. The summed E-state index contributed by atoms with van der Waals surface area (Å²) in [5, 5.41) is 14.7. The van der Waals surface area contributed by atoms with Crippen LogP contribution in [-0.2, 0) is 4.79 Å². The second-order valence-corrected chi connectivity index (χ2v) is 7.80. The van der Waals surface area contributed by atoms with E-state index in [-0.39, 0.29) is 17.0 Å². The average Bonchev–Trinajstić information content (AvgIpc) is 3.02. The van der Waals surface area contributed by atoms with Gasteiger partial charge in [-0.25, -0.2) is 0 Å². The molecule has 0 radical (unpaired) electrons. The van der Waals surface area contributed by atoms with Crippen molar-refractivity contribution in [2.75, 3.05) is 24.2 Å². The number of aromatic hydroxyl groups is 1. The van der Waals surface area contributed by atoms with Gasteiger partial charge in [-0.2, -0.15) is 0 Å². The van der Waals surface area contributed by atoms with E-state index in [9.17, 15) is 9.90 Å². The van der Waals surface area contributed by atoms with E-state index >= 15 is 0 Å². The Hall–Kier alpha value is -2.44. The SMILES string of the molecule is O=C1CSC(c2cccc(O)c2)N1CCNc1ccnc2cc(Cl)ccc12. The van der Waals surface area contributed by atoms with Crippen molar-refractivity contribution in [3.63, 3.8) is 0 Å². The minimum Gasteiger partial charge on any atom is -0.508 e. The van der Waals surface area contributed by atoms with Gasteiger partial charge in [0.2, 0.25) is 5.91 Å². The summed E-state index contributed by atoms with van der Waals surface area (Å²) < 4.78 is 0. The summed E-state index contributed by atoms with van der Waals surface area (Å²) in [6.07, 6.45) is 1.74. The zero-order valence-electron chi connectivity index (χ0n) is 14.4. The van der Waals surface area contributed by atoms with Gasteiger partial charge in [-0.15, -0.1) is 11.8 Å². The van der Waals surface area contributed by atoms with Crippen molar-refractivity contribution in [1.29, 1.82) is 0 Å². The lowest BCUT2D eigenvalue weighted by Crippen LogP contribution is -2.32. The molecule has 1 aliphatic rings. The number of phenols is 1. The van der Waals surface area contributed by atoms with E-state index in [4.69, 9.17) is 11.6 Å². The van der Waals surface area contributed by atoms with Crippen LogP contribution in [0, 0.1) is 0 Å². The summed E-state index contributed by atoms with van der Waals surface area (Å²) >= 11 is 7.62. The quantitative estimate of drug-likeness (QED) is 0.670. The number of phenolic OH excluding ortho intramolecular Hbond substituents is 1. The molecule has 0 spiro atoms. The first-order valence-corrected chi connectivity index (χ1v) is 10.0. The molecule has 2 aromatic carbocycles. The molecule has 4 rings (SSSR count). The van der Waals surface area contributed by atoms with Gasteiger partial charge >= 0.3 is 0 Å². The molecule has 2 N–H and O–H groups in total. The highest BCUT2D eigenvalue weighted by Gasteiger charge is 2.32. The standard InChI is InChI=1S/C20H18ClN3O2S/c21-14-4-5-16-17(6-7-22-18(16)11-14)23-8-9-24-19(26)12-27-20(24)13-2-1-3-15(25)10-13/h1-7,10-11,20,25H,8-9,12H2,(H,22,23). The maximum atomic E-state index is 12.3. The Morgan fingerprint density at radius 1 is 1.26 bits per heavy atom. The molecule has 1 amide bonds. The molecule has 1 aromatic heterocycles. The predicted octanol–water partition coefficient (Wildman–Crippen LogP) is 4.28. The second kappa shape index (κ2) is 7.66. The Morgan fingerprint density at radius 3 is 3.00 bits per heavy atom. The number of halogens is 1. The molecular weight excluding hydrogens is 382 g/mol. The first-order valence-electron chi connectivity index (χ1n) is 8.60. The number of hydrogen-bond acceptors (Lipinski definition) is 5. The van der Waals surface area contributed by atoms with E-state index in [2.05, 4.69) is 10.3 Å². The van der Waals surface area contributed by atoms with Gasteiger partial charge in [-0.05, 0) is 42.0 Å². The number of fused-ring (bicyclic) bond motifs is 1. The number of rotatable bonds is 5. The Labute approximate surface area is 166 Å². The molecule has 7 heteroatoms. The van der Waals surface area contributed by atoms with Gasteiger partial charge in [-0.1, -0.05) is 23.7 Å². The zero-order chi connectivity index (χ0) is 18.8. The lowest BCUT2D eigenvalue weighted by atomic mass is 10.2. The Morgan fingerprint density at radius 2 is 2.15 bits per heavy atom. The molecular formula is C20H18ClN3O2S. The van der Waals surface area contributed by atoms with Crippen LogP contribution in [0.5, 0.6) is 5.75 Å². The van der Waals surface area contributed by atoms with Gasteiger partial charge in [0.25, 0.3) is 0 Å². The summed E-state index contributed by atoms with van der Waals surface area (Å²) in [6.45, 7) is 1.19. The normalized spacial score (nSPS) is 16.9. The maximum absolute atomic E-state index is 12.3. The molecule has 0 saturated carbocycles. The van der Waals surface area contributed by atoms with Gasteiger partial charge in [0.05, 0.1) is 11.3 Å². The third-order valence-corrected chi connectivity index (χ3v) is 5.99. The zero-order valence-corrected chi connectivity index (χ0v) is 16.0. The fraction of sp³-hybridized carbons (Fsp3) is 0.200. The third kappa shape index (κ3) is 3.82. The van der Waals surface area contributed by atoms with E-state index in [0.29, 0.717) is 23.9 Å².